The lowest BCUT2D eigenvalue weighted by Gasteiger charge is -2.10. The van der Waals surface area contributed by atoms with Crippen molar-refractivity contribution in [3.05, 3.63) is 29.6 Å². The van der Waals surface area contributed by atoms with Crippen LogP contribution in [0.1, 0.15) is 19.4 Å². The zero-order valence-corrected chi connectivity index (χ0v) is 11.4. The topological polar surface area (TPSA) is 44.5 Å². The first-order valence-electron chi connectivity index (χ1n) is 5.80. The molecule has 3 nitrogen and oxygen atoms in total. The molecule has 0 aliphatic rings. The largest absolute Gasteiger partial charge is 0.488 e. The van der Waals surface area contributed by atoms with Crippen LogP contribution < -0.4 is 10.5 Å². The smallest absolute Gasteiger partial charge is 0.165 e. The van der Waals surface area contributed by atoms with Crippen molar-refractivity contribution in [2.75, 3.05) is 19.8 Å². The van der Waals surface area contributed by atoms with Gasteiger partial charge < -0.3 is 15.2 Å². The van der Waals surface area contributed by atoms with Gasteiger partial charge in [0.2, 0.25) is 0 Å². The molecule has 0 saturated heterocycles. The molecular weight excluding hydrogens is 253 g/mol. The Bertz CT molecular complexity index is 410. The summed E-state index contributed by atoms with van der Waals surface area (Å²) in [4.78, 5) is 0.167. The van der Waals surface area contributed by atoms with Crippen molar-refractivity contribution in [2.45, 2.75) is 13.8 Å². The van der Waals surface area contributed by atoms with Crippen LogP contribution in [0.3, 0.4) is 0 Å². The number of benzene rings is 1. The Morgan fingerprint density at radius 1 is 1.39 bits per heavy atom. The Morgan fingerprint density at radius 3 is 2.67 bits per heavy atom. The van der Waals surface area contributed by atoms with Crippen molar-refractivity contribution in [1.29, 1.82) is 0 Å². The molecule has 0 aliphatic carbocycles. The van der Waals surface area contributed by atoms with Gasteiger partial charge in [-0.05, 0) is 24.1 Å². The summed E-state index contributed by atoms with van der Waals surface area (Å²) in [6, 6.07) is 4.43. The van der Waals surface area contributed by atoms with Crippen LogP contribution in [0.4, 0.5) is 4.39 Å². The lowest BCUT2D eigenvalue weighted by molar-refractivity contribution is 0.0808. The third kappa shape index (κ3) is 4.98. The minimum atomic E-state index is -0.468. The van der Waals surface area contributed by atoms with Gasteiger partial charge in [-0.15, -0.1) is 0 Å². The van der Waals surface area contributed by atoms with Crippen molar-refractivity contribution >= 4 is 17.2 Å². The predicted molar refractivity (Wildman–Crippen MR) is 73.4 cm³/mol. The lowest BCUT2D eigenvalue weighted by atomic mass is 10.2. The van der Waals surface area contributed by atoms with E-state index in [4.69, 9.17) is 27.4 Å². The fraction of sp³-hybridized carbons (Fsp3) is 0.462. The van der Waals surface area contributed by atoms with E-state index in [1.807, 2.05) is 0 Å². The Morgan fingerprint density at radius 2 is 2.11 bits per heavy atom. The second kappa shape index (κ2) is 7.28. The third-order valence-corrected chi connectivity index (χ3v) is 2.39. The normalized spacial score (nSPS) is 10.7. The number of hydrogen-bond donors (Lipinski definition) is 1. The lowest BCUT2D eigenvalue weighted by Crippen LogP contribution is -2.12. The second-order valence-corrected chi connectivity index (χ2v) is 4.77. The highest BCUT2D eigenvalue weighted by Crippen LogP contribution is 2.18. The van der Waals surface area contributed by atoms with Crippen LogP contribution in [0.2, 0.25) is 0 Å². The van der Waals surface area contributed by atoms with Crippen molar-refractivity contribution in [1.82, 2.24) is 0 Å². The van der Waals surface area contributed by atoms with E-state index in [-0.39, 0.29) is 10.7 Å². The summed E-state index contributed by atoms with van der Waals surface area (Å²) in [5.41, 5.74) is 5.90. The fourth-order valence-electron chi connectivity index (χ4n) is 1.30. The Labute approximate surface area is 112 Å². The monoisotopic (exact) mass is 271 g/mol. The summed E-state index contributed by atoms with van der Waals surface area (Å²) < 4.78 is 24.2. The molecule has 5 heteroatoms. The average Bonchev–Trinajstić information content (AvgIpc) is 2.29. The first-order valence-corrected chi connectivity index (χ1v) is 6.21. The molecule has 18 heavy (non-hydrogen) atoms. The summed E-state index contributed by atoms with van der Waals surface area (Å²) in [6.45, 7) is 5.56. The molecule has 0 unspecified atom stereocenters. The maximum absolute atomic E-state index is 13.6. The van der Waals surface area contributed by atoms with Crippen LogP contribution in [-0.4, -0.2) is 24.8 Å². The molecule has 0 atom stereocenters. The Hall–Kier alpha value is -1.20. The number of halogens is 1. The summed E-state index contributed by atoms with van der Waals surface area (Å²) >= 11 is 4.76. The van der Waals surface area contributed by atoms with Gasteiger partial charge in [0.05, 0.1) is 6.61 Å². The highest BCUT2D eigenvalue weighted by atomic mass is 32.1. The van der Waals surface area contributed by atoms with Gasteiger partial charge in [0.15, 0.2) is 11.6 Å². The maximum Gasteiger partial charge on any atom is 0.165 e. The summed E-state index contributed by atoms with van der Waals surface area (Å²) in [7, 11) is 0. The molecule has 0 aromatic heterocycles. The SMILES string of the molecule is CC(C)COCCOc1ccc(C(N)=S)cc1F. The van der Waals surface area contributed by atoms with E-state index in [1.54, 1.807) is 6.07 Å². The van der Waals surface area contributed by atoms with Crippen molar-refractivity contribution < 1.29 is 13.9 Å². The minimum Gasteiger partial charge on any atom is -0.488 e. The number of thiocarbonyl (C=S) groups is 1. The van der Waals surface area contributed by atoms with E-state index in [2.05, 4.69) is 13.8 Å². The Kier molecular flexibility index (Phi) is 6.01. The van der Waals surface area contributed by atoms with Gasteiger partial charge in [-0.3, -0.25) is 0 Å². The molecule has 0 bridgehead atoms. The van der Waals surface area contributed by atoms with Crippen molar-refractivity contribution in [3.63, 3.8) is 0 Å². The van der Waals surface area contributed by atoms with E-state index in [1.165, 1.54) is 12.1 Å². The van der Waals surface area contributed by atoms with Crippen LogP contribution in [0.5, 0.6) is 5.75 Å². The summed E-state index contributed by atoms with van der Waals surface area (Å²) in [5, 5.41) is 0. The summed E-state index contributed by atoms with van der Waals surface area (Å²) in [5.74, 6) is 0.193. The van der Waals surface area contributed by atoms with E-state index in [0.717, 1.165) is 0 Å². The maximum atomic E-state index is 13.6. The highest BCUT2D eigenvalue weighted by molar-refractivity contribution is 7.80. The number of rotatable bonds is 7. The van der Waals surface area contributed by atoms with Gasteiger partial charge in [0.25, 0.3) is 0 Å². The van der Waals surface area contributed by atoms with E-state index in [9.17, 15) is 4.39 Å². The van der Waals surface area contributed by atoms with Crippen LogP contribution >= 0.6 is 12.2 Å². The van der Waals surface area contributed by atoms with Gasteiger partial charge in [0.1, 0.15) is 11.6 Å². The molecule has 0 spiro atoms. The zero-order valence-electron chi connectivity index (χ0n) is 10.6. The van der Waals surface area contributed by atoms with E-state index in [0.29, 0.717) is 31.3 Å². The van der Waals surface area contributed by atoms with Crippen LogP contribution in [-0.2, 0) is 4.74 Å². The van der Waals surface area contributed by atoms with Crippen LogP contribution in [0, 0.1) is 11.7 Å². The van der Waals surface area contributed by atoms with Crippen molar-refractivity contribution in [2.24, 2.45) is 11.7 Å². The minimum absolute atomic E-state index is 0.167. The molecule has 0 heterocycles. The molecule has 0 radical (unpaired) electrons. The molecule has 100 valence electrons. The molecule has 1 aromatic rings. The van der Waals surface area contributed by atoms with Crippen molar-refractivity contribution in [3.8, 4) is 5.75 Å². The number of nitrogens with two attached hydrogens (primary N) is 1. The number of hydrogen-bond acceptors (Lipinski definition) is 3. The average molecular weight is 271 g/mol. The van der Waals surface area contributed by atoms with Gasteiger partial charge >= 0.3 is 0 Å². The highest BCUT2D eigenvalue weighted by Gasteiger charge is 2.06. The van der Waals surface area contributed by atoms with Gasteiger partial charge in [0, 0.05) is 12.2 Å². The van der Waals surface area contributed by atoms with E-state index < -0.39 is 5.82 Å². The zero-order chi connectivity index (χ0) is 13.5. The van der Waals surface area contributed by atoms with E-state index >= 15 is 0 Å². The van der Waals surface area contributed by atoms with Gasteiger partial charge in [-0.25, -0.2) is 4.39 Å². The molecule has 0 saturated carbocycles. The first kappa shape index (κ1) is 14.9. The molecule has 0 fully saturated rings. The second-order valence-electron chi connectivity index (χ2n) is 4.33. The van der Waals surface area contributed by atoms with Crippen LogP contribution in [0.25, 0.3) is 0 Å². The molecule has 1 aromatic carbocycles. The first-order chi connectivity index (χ1) is 8.50. The molecule has 1 rings (SSSR count). The number of ether oxygens (including phenoxy) is 2. The fourth-order valence-corrected chi connectivity index (χ4v) is 1.43. The Balaban J connectivity index is 2.41. The summed E-state index contributed by atoms with van der Waals surface area (Å²) in [6.07, 6.45) is 0. The quantitative estimate of drug-likeness (QED) is 0.611. The van der Waals surface area contributed by atoms with Gasteiger partial charge in [-0.2, -0.15) is 0 Å². The standard InChI is InChI=1S/C13H18FNO2S/c1-9(2)8-16-5-6-17-12-4-3-10(13(15)18)7-11(12)14/h3-4,7,9H,5-6,8H2,1-2H3,(H2,15,18). The molecule has 0 aliphatic heterocycles. The molecule has 2 N–H and O–H groups in total. The third-order valence-electron chi connectivity index (χ3n) is 2.15. The van der Waals surface area contributed by atoms with Crippen LogP contribution in [0.15, 0.2) is 18.2 Å². The predicted octanol–water partition coefficient (Wildman–Crippen LogP) is 2.51. The molecule has 0 amide bonds. The van der Waals surface area contributed by atoms with Gasteiger partial charge in [-0.1, -0.05) is 26.1 Å². The molecular formula is C13H18FNO2S.